The zero-order chi connectivity index (χ0) is 27.5. The van der Waals surface area contributed by atoms with Crippen molar-refractivity contribution in [3.05, 3.63) is 46.6 Å². The fourth-order valence-corrected chi connectivity index (χ4v) is 5.02. The van der Waals surface area contributed by atoms with E-state index in [4.69, 9.17) is 5.73 Å². The Morgan fingerprint density at radius 2 is 0.800 bits per heavy atom. The Morgan fingerprint density at radius 3 is 1.14 bits per heavy atom. The normalized spacial score (nSPS) is 15.0. The Morgan fingerprint density at radius 1 is 0.486 bits per heavy atom. The summed E-state index contributed by atoms with van der Waals surface area (Å²) in [5.41, 5.74) is 13.0. The lowest BCUT2D eigenvalue weighted by Gasteiger charge is -2.27. The Labute approximate surface area is 221 Å². The fraction of sp³-hybridized carbons (Fsp3) is 0.765. The molecule has 0 aromatic heterocycles. The van der Waals surface area contributed by atoms with Crippen LogP contribution in [0.3, 0.4) is 0 Å². The van der Waals surface area contributed by atoms with Gasteiger partial charge < -0.3 is 5.73 Å². The maximum atomic E-state index is 5.79. The summed E-state index contributed by atoms with van der Waals surface area (Å²) in [6, 6.07) is 0. The zero-order valence-corrected chi connectivity index (χ0v) is 26.3. The van der Waals surface area contributed by atoms with Crippen LogP contribution in [0.4, 0.5) is 0 Å². The summed E-state index contributed by atoms with van der Waals surface area (Å²) in [7, 11) is 0. The average Bonchev–Trinajstić information content (AvgIpc) is 2.67. The molecule has 0 saturated carbocycles. The van der Waals surface area contributed by atoms with Gasteiger partial charge >= 0.3 is 0 Å². The Kier molecular flexibility index (Phi) is 14.2. The molecule has 35 heavy (non-hydrogen) atoms. The molecule has 0 radical (unpaired) electrons. The van der Waals surface area contributed by atoms with E-state index in [-0.39, 0.29) is 5.41 Å². The van der Waals surface area contributed by atoms with E-state index in [9.17, 15) is 0 Å². The first-order valence-corrected chi connectivity index (χ1v) is 14.1. The van der Waals surface area contributed by atoms with Gasteiger partial charge in [0.1, 0.15) is 0 Å². The predicted octanol–water partition coefficient (Wildman–Crippen LogP) is 11.0. The molecular weight excluding hydrogens is 422 g/mol. The molecule has 0 fully saturated rings. The van der Waals surface area contributed by atoms with Crippen LogP contribution in [0.1, 0.15) is 141 Å². The Balaban J connectivity index is 4.88. The van der Waals surface area contributed by atoms with Crippen LogP contribution in [-0.2, 0) is 0 Å². The second-order valence-electron chi connectivity index (χ2n) is 15.0. The van der Waals surface area contributed by atoms with E-state index in [2.05, 4.69) is 114 Å². The number of hydrogen-bond donors (Lipinski definition) is 1. The molecule has 0 aliphatic carbocycles. The fourth-order valence-electron chi connectivity index (χ4n) is 5.02. The number of nitrogens with two attached hydrogens (primary N) is 1. The molecule has 1 heteroatoms. The van der Waals surface area contributed by atoms with Crippen molar-refractivity contribution in [2.45, 2.75) is 141 Å². The van der Waals surface area contributed by atoms with E-state index < -0.39 is 0 Å². The number of hydrogen-bond acceptors (Lipinski definition) is 1. The highest BCUT2D eigenvalue weighted by atomic mass is 14.5. The molecule has 2 N–H and O–H groups in total. The molecule has 204 valence electrons. The molecule has 0 aliphatic rings. The van der Waals surface area contributed by atoms with Crippen molar-refractivity contribution in [2.75, 3.05) is 6.54 Å². The Hall–Kier alpha value is -1.08. The van der Waals surface area contributed by atoms with E-state index in [1.54, 1.807) is 0 Å². The van der Waals surface area contributed by atoms with E-state index in [0.717, 1.165) is 51.5 Å². The Bertz CT molecular complexity index is 745. The molecule has 0 saturated heterocycles. The van der Waals surface area contributed by atoms with Crippen LogP contribution < -0.4 is 5.73 Å². The van der Waals surface area contributed by atoms with Gasteiger partial charge in [-0.3, -0.25) is 0 Å². The van der Waals surface area contributed by atoms with Gasteiger partial charge in [-0.2, -0.15) is 0 Å². The van der Waals surface area contributed by atoms with Gasteiger partial charge in [-0.15, -0.1) is 0 Å². The second-order valence-corrected chi connectivity index (χ2v) is 15.0. The maximum Gasteiger partial charge on any atom is -0.00721 e. The van der Waals surface area contributed by atoms with Crippen molar-refractivity contribution < 1.29 is 0 Å². The molecule has 0 unspecified atom stereocenters. The van der Waals surface area contributed by atoms with Crippen molar-refractivity contribution in [3.8, 4) is 0 Å². The summed E-state index contributed by atoms with van der Waals surface area (Å²) in [5.74, 6) is 0. The minimum Gasteiger partial charge on any atom is -0.330 e. The molecule has 0 aliphatic heterocycles. The minimum atomic E-state index is 0.289. The molecule has 0 spiro atoms. The highest BCUT2D eigenvalue weighted by Crippen LogP contribution is 2.35. The van der Waals surface area contributed by atoms with E-state index >= 15 is 0 Å². The van der Waals surface area contributed by atoms with Crippen molar-refractivity contribution >= 4 is 0 Å². The first kappa shape index (κ1) is 33.9. The summed E-state index contributed by atoms with van der Waals surface area (Å²) in [5, 5.41) is 0. The van der Waals surface area contributed by atoms with Crippen LogP contribution >= 0.6 is 0 Å². The summed E-state index contributed by atoms with van der Waals surface area (Å²) in [6.45, 7) is 31.2. The largest absolute Gasteiger partial charge is 0.330 e. The summed E-state index contributed by atoms with van der Waals surface area (Å²) in [6.07, 6.45) is 19.0. The first-order chi connectivity index (χ1) is 15.8. The third-order valence-corrected chi connectivity index (χ3v) is 7.17. The van der Waals surface area contributed by atoms with Gasteiger partial charge in [0.05, 0.1) is 0 Å². The summed E-state index contributed by atoms with van der Waals surface area (Å²) < 4.78 is 0. The molecule has 0 rings (SSSR count). The van der Waals surface area contributed by atoms with E-state index in [1.807, 2.05) is 0 Å². The van der Waals surface area contributed by atoms with Crippen molar-refractivity contribution in [1.29, 1.82) is 0 Å². The van der Waals surface area contributed by atoms with Gasteiger partial charge in [-0.1, -0.05) is 102 Å². The molecular formula is C34H63N. The number of rotatable bonds is 16. The van der Waals surface area contributed by atoms with Crippen LogP contribution in [0.5, 0.6) is 0 Å². The lowest BCUT2D eigenvalue weighted by Crippen LogP contribution is -2.17. The first-order valence-electron chi connectivity index (χ1n) is 14.1. The lowest BCUT2D eigenvalue weighted by molar-refractivity contribution is 0.333. The SMILES string of the molecule is CC(C)=CCC(C)(C)C/C(C)=C/CC(C)(C)C/C=C(\C)CC(C)(C)C/C=C(\C)CC(C)(C)CCN. The standard InChI is InChI=1S/C34H63N/c1-27(2)14-18-32(8,9)24-28(3)15-19-31(6,7)20-16-29(4)25-33(10,11)21-17-30(5)26-34(12,13)22-23-35/h14-17H,18-26,35H2,1-13H3/b28-15+,29-16+,30-17+. The van der Waals surface area contributed by atoms with Gasteiger partial charge in [0, 0.05) is 0 Å². The van der Waals surface area contributed by atoms with Gasteiger partial charge in [-0.25, -0.2) is 0 Å². The summed E-state index contributed by atoms with van der Waals surface area (Å²) >= 11 is 0. The highest BCUT2D eigenvalue weighted by Gasteiger charge is 2.21. The van der Waals surface area contributed by atoms with Gasteiger partial charge in [-0.05, 0) is 114 Å². The van der Waals surface area contributed by atoms with Crippen LogP contribution in [0, 0.1) is 21.7 Å². The van der Waals surface area contributed by atoms with Gasteiger partial charge in [0.15, 0.2) is 0 Å². The molecule has 0 aromatic carbocycles. The average molecular weight is 486 g/mol. The molecule has 1 nitrogen and oxygen atoms in total. The van der Waals surface area contributed by atoms with Gasteiger partial charge in [0.25, 0.3) is 0 Å². The van der Waals surface area contributed by atoms with Crippen molar-refractivity contribution in [1.82, 2.24) is 0 Å². The smallest absolute Gasteiger partial charge is 0.00721 e. The molecule has 0 atom stereocenters. The van der Waals surface area contributed by atoms with Crippen LogP contribution in [0.25, 0.3) is 0 Å². The lowest BCUT2D eigenvalue weighted by atomic mass is 9.78. The quantitative estimate of drug-likeness (QED) is 0.216. The van der Waals surface area contributed by atoms with E-state index in [0.29, 0.717) is 16.2 Å². The topological polar surface area (TPSA) is 26.0 Å². The monoisotopic (exact) mass is 485 g/mol. The van der Waals surface area contributed by atoms with E-state index in [1.165, 1.54) is 28.7 Å². The van der Waals surface area contributed by atoms with Crippen molar-refractivity contribution in [3.63, 3.8) is 0 Å². The summed E-state index contributed by atoms with van der Waals surface area (Å²) in [4.78, 5) is 0. The van der Waals surface area contributed by atoms with Crippen LogP contribution in [0.2, 0.25) is 0 Å². The molecule has 0 bridgehead atoms. The molecule has 0 heterocycles. The van der Waals surface area contributed by atoms with Gasteiger partial charge in [0.2, 0.25) is 0 Å². The molecule has 0 amide bonds. The third-order valence-electron chi connectivity index (χ3n) is 7.17. The maximum absolute atomic E-state index is 5.79. The van der Waals surface area contributed by atoms with Crippen LogP contribution in [0.15, 0.2) is 46.6 Å². The van der Waals surface area contributed by atoms with Crippen molar-refractivity contribution in [2.24, 2.45) is 27.4 Å². The van der Waals surface area contributed by atoms with Crippen LogP contribution in [-0.4, -0.2) is 6.54 Å². The second kappa shape index (κ2) is 14.6. The number of allylic oxidation sites excluding steroid dienone is 8. The third kappa shape index (κ3) is 17.9. The predicted molar refractivity (Wildman–Crippen MR) is 162 cm³/mol. The highest BCUT2D eigenvalue weighted by molar-refractivity contribution is 5.09. The minimum absolute atomic E-state index is 0.289. The molecule has 0 aromatic rings. The zero-order valence-electron chi connectivity index (χ0n) is 26.3.